The van der Waals surface area contributed by atoms with Gasteiger partial charge in [-0.05, 0) is 52.4 Å². The molecule has 2 amide bonds. The van der Waals surface area contributed by atoms with Crippen molar-refractivity contribution in [3.05, 3.63) is 86.8 Å². The van der Waals surface area contributed by atoms with Gasteiger partial charge in [0, 0.05) is 24.8 Å². The van der Waals surface area contributed by atoms with Gasteiger partial charge in [-0.15, -0.1) is 0 Å². The second-order valence-electron chi connectivity index (χ2n) is 7.24. The fraction of sp³-hybridized carbons (Fsp3) is 0.167. The molecule has 3 aromatic carbocycles. The summed E-state index contributed by atoms with van der Waals surface area (Å²) >= 11 is 0.887. The van der Waals surface area contributed by atoms with Gasteiger partial charge in [0.2, 0.25) is 0 Å². The van der Waals surface area contributed by atoms with Crippen LogP contribution in [0.1, 0.15) is 11.1 Å². The number of amides is 2. The van der Waals surface area contributed by atoms with Gasteiger partial charge in [0.05, 0.1) is 23.0 Å². The molecule has 8 nitrogen and oxygen atoms in total. The van der Waals surface area contributed by atoms with E-state index in [-0.39, 0.29) is 36.6 Å². The van der Waals surface area contributed by atoms with E-state index in [2.05, 4.69) is 0 Å². The Labute approximate surface area is 193 Å². The van der Waals surface area contributed by atoms with Gasteiger partial charge in [0.15, 0.2) is 0 Å². The standard InChI is InChI=1S/C24H20N2O6S/c1-31-13-12-25-23(27)22(33-24(25)28)14-20-19-5-3-2-4-17(19)8-11-21(20)32-15-16-6-9-18(10-7-16)26(29)30/h2-11,14H,12-13,15H2,1H3/b22-14+. The molecule has 168 valence electrons. The number of fused-ring (bicyclic) bond motifs is 1. The Morgan fingerprint density at radius 2 is 1.82 bits per heavy atom. The number of hydrogen-bond donors (Lipinski definition) is 0. The largest absolute Gasteiger partial charge is 0.488 e. The number of nitro groups is 1. The maximum absolute atomic E-state index is 12.8. The summed E-state index contributed by atoms with van der Waals surface area (Å²) in [4.78, 5) is 37.0. The molecule has 0 radical (unpaired) electrons. The zero-order valence-corrected chi connectivity index (χ0v) is 18.5. The number of non-ortho nitro benzene ring substituents is 1. The topological polar surface area (TPSA) is 99.0 Å². The van der Waals surface area contributed by atoms with Crippen molar-refractivity contribution >= 4 is 45.4 Å². The molecule has 0 bridgehead atoms. The quantitative estimate of drug-likeness (QED) is 0.262. The van der Waals surface area contributed by atoms with Crippen molar-refractivity contribution in [3.63, 3.8) is 0 Å². The lowest BCUT2D eigenvalue weighted by Crippen LogP contribution is -2.31. The highest BCUT2D eigenvalue weighted by atomic mass is 32.2. The smallest absolute Gasteiger partial charge is 0.293 e. The van der Waals surface area contributed by atoms with Gasteiger partial charge in [0.25, 0.3) is 16.8 Å². The number of carbonyl (C=O) groups is 2. The molecule has 1 fully saturated rings. The maximum Gasteiger partial charge on any atom is 0.293 e. The first-order valence-corrected chi connectivity index (χ1v) is 10.9. The molecule has 3 aromatic rings. The molecule has 4 rings (SSSR count). The average Bonchev–Trinajstić information content (AvgIpc) is 3.09. The fourth-order valence-corrected chi connectivity index (χ4v) is 4.28. The molecule has 0 saturated carbocycles. The van der Waals surface area contributed by atoms with E-state index in [1.54, 1.807) is 18.2 Å². The maximum atomic E-state index is 12.8. The number of thioether (sulfide) groups is 1. The molecule has 0 unspecified atom stereocenters. The first-order valence-electron chi connectivity index (χ1n) is 10.1. The fourth-order valence-electron chi connectivity index (χ4n) is 3.43. The minimum absolute atomic E-state index is 0.00865. The number of hydrogen-bond acceptors (Lipinski definition) is 7. The molecule has 9 heteroatoms. The molecule has 0 atom stereocenters. The van der Waals surface area contributed by atoms with Crippen LogP contribution in [0, 0.1) is 10.1 Å². The first-order chi connectivity index (χ1) is 16.0. The van der Waals surface area contributed by atoms with Gasteiger partial charge in [-0.2, -0.15) is 0 Å². The molecule has 0 aliphatic carbocycles. The molecule has 1 saturated heterocycles. The predicted octanol–water partition coefficient (Wildman–Crippen LogP) is 5.01. The van der Waals surface area contributed by atoms with E-state index in [0.29, 0.717) is 16.2 Å². The second kappa shape index (κ2) is 9.85. The van der Waals surface area contributed by atoms with E-state index in [1.165, 1.54) is 24.1 Å². The molecular weight excluding hydrogens is 444 g/mol. The van der Waals surface area contributed by atoms with E-state index >= 15 is 0 Å². The lowest BCUT2D eigenvalue weighted by molar-refractivity contribution is -0.384. The van der Waals surface area contributed by atoms with Crippen molar-refractivity contribution in [2.24, 2.45) is 0 Å². The second-order valence-corrected chi connectivity index (χ2v) is 8.23. The van der Waals surface area contributed by atoms with Crippen LogP contribution in [0.5, 0.6) is 5.75 Å². The Kier molecular flexibility index (Phi) is 6.71. The zero-order chi connectivity index (χ0) is 23.4. The molecule has 1 aliphatic heterocycles. The van der Waals surface area contributed by atoms with Crippen LogP contribution in [-0.2, 0) is 16.1 Å². The Bertz CT molecular complexity index is 1260. The first kappa shape index (κ1) is 22.5. The van der Waals surface area contributed by atoms with Gasteiger partial charge >= 0.3 is 0 Å². The number of imide groups is 1. The molecular formula is C24H20N2O6S. The van der Waals surface area contributed by atoms with Gasteiger partial charge < -0.3 is 9.47 Å². The van der Waals surface area contributed by atoms with Crippen molar-refractivity contribution in [1.82, 2.24) is 4.90 Å². The summed E-state index contributed by atoms with van der Waals surface area (Å²) in [6.07, 6.45) is 1.69. The van der Waals surface area contributed by atoms with Crippen LogP contribution in [0.15, 0.2) is 65.6 Å². The van der Waals surface area contributed by atoms with Gasteiger partial charge in [-0.1, -0.05) is 30.3 Å². The van der Waals surface area contributed by atoms with Crippen LogP contribution in [0.2, 0.25) is 0 Å². The third kappa shape index (κ3) is 4.89. The molecule has 1 aliphatic rings. The molecule has 0 spiro atoms. The highest BCUT2D eigenvalue weighted by Crippen LogP contribution is 2.37. The number of nitrogens with zero attached hydrogens (tertiary/aromatic N) is 2. The van der Waals surface area contributed by atoms with Crippen LogP contribution < -0.4 is 4.74 Å². The minimum atomic E-state index is -0.453. The summed E-state index contributed by atoms with van der Waals surface area (Å²) in [6.45, 7) is 0.646. The summed E-state index contributed by atoms with van der Waals surface area (Å²) in [5.41, 5.74) is 1.46. The Balaban J connectivity index is 1.66. The lowest BCUT2D eigenvalue weighted by atomic mass is 10.0. The van der Waals surface area contributed by atoms with Crippen LogP contribution in [0.25, 0.3) is 16.8 Å². The number of rotatable bonds is 8. The van der Waals surface area contributed by atoms with Crippen molar-refractivity contribution in [1.29, 1.82) is 0 Å². The van der Waals surface area contributed by atoms with Gasteiger partial charge in [-0.3, -0.25) is 24.6 Å². The van der Waals surface area contributed by atoms with Gasteiger partial charge in [0.1, 0.15) is 12.4 Å². The van der Waals surface area contributed by atoms with E-state index in [1.807, 2.05) is 36.4 Å². The SMILES string of the molecule is COCCN1C(=O)S/C(=C/c2c(OCc3ccc([N+](=O)[O-])cc3)ccc3ccccc23)C1=O. The van der Waals surface area contributed by atoms with Crippen LogP contribution in [0.3, 0.4) is 0 Å². The number of methoxy groups -OCH3 is 1. The summed E-state index contributed by atoms with van der Waals surface area (Å²) in [5, 5.41) is 12.4. The number of ether oxygens (including phenoxy) is 2. The van der Waals surface area contributed by atoms with E-state index in [0.717, 1.165) is 28.1 Å². The number of nitro benzene ring substituents is 1. The minimum Gasteiger partial charge on any atom is -0.488 e. The molecule has 0 aromatic heterocycles. The Morgan fingerprint density at radius 1 is 1.06 bits per heavy atom. The predicted molar refractivity (Wildman–Crippen MR) is 126 cm³/mol. The average molecular weight is 464 g/mol. The van der Waals surface area contributed by atoms with Gasteiger partial charge in [-0.25, -0.2) is 0 Å². The van der Waals surface area contributed by atoms with Crippen LogP contribution in [0.4, 0.5) is 10.5 Å². The van der Waals surface area contributed by atoms with E-state index < -0.39 is 4.92 Å². The summed E-state index contributed by atoms with van der Waals surface area (Å²) < 4.78 is 11.0. The van der Waals surface area contributed by atoms with Crippen LogP contribution >= 0.6 is 11.8 Å². The summed E-state index contributed by atoms with van der Waals surface area (Å²) in [5.74, 6) is 0.173. The van der Waals surface area contributed by atoms with Crippen molar-refractivity contribution in [3.8, 4) is 5.75 Å². The molecule has 33 heavy (non-hydrogen) atoms. The Hall–Kier alpha value is -3.69. The zero-order valence-electron chi connectivity index (χ0n) is 17.7. The highest BCUT2D eigenvalue weighted by Gasteiger charge is 2.35. The summed E-state index contributed by atoms with van der Waals surface area (Å²) in [7, 11) is 1.51. The monoisotopic (exact) mass is 464 g/mol. The van der Waals surface area contributed by atoms with E-state index in [9.17, 15) is 19.7 Å². The van der Waals surface area contributed by atoms with Crippen LogP contribution in [-0.4, -0.2) is 41.2 Å². The van der Waals surface area contributed by atoms with Crippen molar-refractivity contribution < 1.29 is 24.0 Å². The molecule has 1 heterocycles. The number of carbonyl (C=O) groups excluding carboxylic acids is 2. The Morgan fingerprint density at radius 3 is 2.55 bits per heavy atom. The summed E-state index contributed by atoms with van der Waals surface area (Å²) in [6, 6.07) is 17.6. The highest BCUT2D eigenvalue weighted by molar-refractivity contribution is 8.18. The van der Waals surface area contributed by atoms with E-state index in [4.69, 9.17) is 9.47 Å². The number of benzene rings is 3. The lowest BCUT2D eigenvalue weighted by Gasteiger charge is -2.13. The third-order valence-electron chi connectivity index (χ3n) is 5.14. The van der Waals surface area contributed by atoms with Crippen molar-refractivity contribution in [2.45, 2.75) is 6.61 Å². The normalized spacial score (nSPS) is 14.9. The third-order valence-corrected chi connectivity index (χ3v) is 6.05. The van der Waals surface area contributed by atoms with Crippen molar-refractivity contribution in [2.75, 3.05) is 20.3 Å². The molecule has 0 N–H and O–H groups in total.